The molecule has 5 heteroatoms. The van der Waals surface area contributed by atoms with Crippen molar-refractivity contribution in [2.75, 3.05) is 0 Å². The largest absolute Gasteiger partial charge is 0.507 e. The zero-order valence-electron chi connectivity index (χ0n) is 31.7. The van der Waals surface area contributed by atoms with E-state index in [2.05, 4.69) is 105 Å². The fourth-order valence-electron chi connectivity index (χ4n) is 8.39. The molecule has 0 amide bonds. The van der Waals surface area contributed by atoms with Crippen LogP contribution in [0.5, 0.6) is 5.75 Å². The number of aromatic nitrogens is 2. The Hall–Kier alpha value is -6.35. The molecule has 0 fully saturated rings. The molecule has 9 aromatic rings. The molecule has 0 spiro atoms. The number of pyridine rings is 2. The fourth-order valence-corrected chi connectivity index (χ4v) is 8.39. The van der Waals surface area contributed by atoms with Gasteiger partial charge in [-0.05, 0) is 82.3 Å². The summed E-state index contributed by atoms with van der Waals surface area (Å²) in [7, 11) is 0. The number of furan rings is 1. The molecule has 0 radical (unpaired) electrons. The number of fused-ring (bicyclic) bond motifs is 4. The second-order valence-corrected chi connectivity index (χ2v) is 15.1. The maximum absolute atomic E-state index is 10.8. The van der Waals surface area contributed by atoms with E-state index in [1.54, 1.807) is 6.07 Å². The zero-order chi connectivity index (χ0) is 38.0. The molecule has 57 heavy (non-hydrogen) atoms. The summed E-state index contributed by atoms with van der Waals surface area (Å²) in [5.74, 6) is 0.996. The molecule has 0 saturated carbocycles. The average Bonchev–Trinajstić information content (AvgIpc) is 3.73. The fraction of sp³-hybridized carbons (Fsp3) is 0.0769. The van der Waals surface area contributed by atoms with Crippen LogP contribution in [-0.4, -0.2) is 15.1 Å². The Kier molecular flexibility index (Phi) is 9.11. The summed E-state index contributed by atoms with van der Waals surface area (Å²) in [6.45, 7) is 6.66. The zero-order valence-corrected chi connectivity index (χ0v) is 33.9. The predicted octanol–water partition coefficient (Wildman–Crippen LogP) is 13.3. The Morgan fingerprint density at radius 3 is 1.98 bits per heavy atom. The number of phenols is 1. The van der Waals surface area contributed by atoms with E-state index in [9.17, 15) is 5.11 Å². The number of hydrogen-bond donors (Lipinski definition) is 1. The molecule has 10 rings (SSSR count). The van der Waals surface area contributed by atoms with Crippen LogP contribution in [0.2, 0.25) is 0 Å². The van der Waals surface area contributed by atoms with Gasteiger partial charge in [-0.3, -0.25) is 9.97 Å². The van der Waals surface area contributed by atoms with E-state index >= 15 is 0 Å². The van der Waals surface area contributed by atoms with Crippen LogP contribution >= 0.6 is 0 Å². The second-order valence-electron chi connectivity index (χ2n) is 15.1. The number of benzene rings is 6. The van der Waals surface area contributed by atoms with E-state index in [-0.39, 0.29) is 32.2 Å². The molecule has 0 unspecified atom stereocenters. The van der Waals surface area contributed by atoms with Gasteiger partial charge in [0.25, 0.3) is 0 Å². The van der Waals surface area contributed by atoms with Gasteiger partial charge < -0.3 is 9.52 Å². The first kappa shape index (κ1) is 36.3. The average molecular weight is 917 g/mol. The van der Waals surface area contributed by atoms with Crippen LogP contribution < -0.4 is 0 Å². The summed E-state index contributed by atoms with van der Waals surface area (Å²) in [4.78, 5) is 10.1. The number of aromatic hydroxyl groups is 1. The van der Waals surface area contributed by atoms with Crippen molar-refractivity contribution in [3.63, 3.8) is 0 Å². The van der Waals surface area contributed by atoms with Crippen LogP contribution in [0.15, 0.2) is 168 Å². The van der Waals surface area contributed by atoms with Gasteiger partial charge in [-0.1, -0.05) is 134 Å². The van der Waals surface area contributed by atoms with Crippen LogP contribution in [0.3, 0.4) is 0 Å². The van der Waals surface area contributed by atoms with Gasteiger partial charge in [-0.15, -0.1) is 24.3 Å². The maximum Gasteiger partial charge on any atom is 0.142 e. The van der Waals surface area contributed by atoms with E-state index in [0.29, 0.717) is 11.3 Å². The number of aryl methyl sites for hydroxylation is 1. The minimum atomic E-state index is -0.124. The van der Waals surface area contributed by atoms with Crippen LogP contribution in [-0.2, 0) is 26.5 Å². The molecule has 1 aliphatic carbocycles. The minimum absolute atomic E-state index is 0. The summed E-state index contributed by atoms with van der Waals surface area (Å²) in [6.07, 6.45) is 0. The van der Waals surface area contributed by atoms with Crippen LogP contribution in [0.1, 0.15) is 30.7 Å². The predicted molar refractivity (Wildman–Crippen MR) is 227 cm³/mol. The van der Waals surface area contributed by atoms with Crippen LogP contribution in [0.25, 0.3) is 89.4 Å². The smallest absolute Gasteiger partial charge is 0.142 e. The van der Waals surface area contributed by atoms with Gasteiger partial charge in [-0.25, -0.2) is 0 Å². The molecular weight excluding hydrogens is 880 g/mol. The maximum atomic E-state index is 10.8. The molecule has 4 nitrogen and oxygen atoms in total. The Bertz CT molecular complexity index is 2980. The summed E-state index contributed by atoms with van der Waals surface area (Å²) in [6, 6.07) is 59.5. The third-order valence-corrected chi connectivity index (χ3v) is 11.1. The molecule has 1 aliphatic rings. The van der Waals surface area contributed by atoms with Gasteiger partial charge in [0, 0.05) is 65.6 Å². The van der Waals surface area contributed by atoms with Crippen molar-refractivity contribution in [1.82, 2.24) is 9.97 Å². The monoisotopic (exact) mass is 916 g/mol. The number of phenolic OH excluding ortho intramolecular Hbond substituents is 1. The van der Waals surface area contributed by atoms with Gasteiger partial charge in [-0.2, -0.15) is 0 Å². The molecule has 1 N–H and O–H groups in total. The van der Waals surface area contributed by atoms with Gasteiger partial charge >= 0.3 is 0 Å². The summed E-state index contributed by atoms with van der Waals surface area (Å²) < 4.78 is 6.76. The Labute approximate surface area is 346 Å². The van der Waals surface area contributed by atoms with Crippen molar-refractivity contribution in [2.45, 2.75) is 26.2 Å². The molecule has 6 aromatic carbocycles. The van der Waals surface area contributed by atoms with E-state index in [0.717, 1.165) is 72.8 Å². The molecule has 0 saturated heterocycles. The molecule has 0 bridgehead atoms. The Morgan fingerprint density at radius 1 is 0.526 bits per heavy atom. The van der Waals surface area contributed by atoms with Gasteiger partial charge in [0.1, 0.15) is 17.1 Å². The minimum Gasteiger partial charge on any atom is -0.507 e. The number of para-hydroxylation sites is 2. The van der Waals surface area contributed by atoms with Crippen molar-refractivity contribution in [2.24, 2.45) is 0 Å². The third kappa shape index (κ3) is 6.31. The number of nitrogens with zero attached hydrogens (tertiary/aromatic N) is 2. The van der Waals surface area contributed by atoms with Crippen LogP contribution in [0, 0.1) is 13.0 Å². The van der Waals surface area contributed by atoms with E-state index in [1.165, 1.54) is 22.3 Å². The third-order valence-electron chi connectivity index (χ3n) is 11.1. The molecule has 0 atom stereocenters. The van der Waals surface area contributed by atoms with Crippen molar-refractivity contribution in [3.8, 4) is 84.2 Å². The molecule has 0 aliphatic heterocycles. The summed E-state index contributed by atoms with van der Waals surface area (Å²) in [5.41, 5.74) is 16.6. The van der Waals surface area contributed by atoms with Crippen molar-refractivity contribution < 1.29 is 30.6 Å². The molecule has 3 aromatic heterocycles. The Balaban J connectivity index is 0.00000422. The van der Waals surface area contributed by atoms with E-state index < -0.39 is 0 Å². The number of hydrogen-bond acceptors (Lipinski definition) is 4. The van der Waals surface area contributed by atoms with E-state index in [4.69, 9.17) is 14.4 Å². The van der Waals surface area contributed by atoms with Crippen molar-refractivity contribution in [3.05, 3.63) is 187 Å². The summed E-state index contributed by atoms with van der Waals surface area (Å²) >= 11 is 0. The SMILES string of the molecule is Cc1cc(-c2oc3ccccc3c2-c2ccc3c(c2)C(C)(C)c2ccccc2-3)cc(-c2[c-]c(-c3cc(-c4ccccc4)cc(-c4ccccc4O)n3)ccc2)n1.[Pt]. The molecule has 3 heterocycles. The first-order valence-electron chi connectivity index (χ1n) is 19.0. The van der Waals surface area contributed by atoms with Crippen molar-refractivity contribution >= 4 is 11.0 Å². The second kappa shape index (κ2) is 14.3. The van der Waals surface area contributed by atoms with Gasteiger partial charge in [0.05, 0.1) is 5.69 Å². The topological polar surface area (TPSA) is 59.2 Å². The first-order chi connectivity index (χ1) is 27.3. The van der Waals surface area contributed by atoms with Crippen LogP contribution in [0.4, 0.5) is 0 Å². The standard InChI is InChI=1S/C52H37N2O2.Pt/c1-32-26-38(51-50(42-20-9-12-23-49(42)56-51)36-24-25-40-39-18-7-10-21-43(39)52(2,3)44(40)28-36)31-45(53-32)34-16-13-17-35(27-34)46-29-37(33-14-5-4-6-15-33)30-47(54-46)41-19-8-11-22-48(41)55;/h4-26,28-31,55H,1-3H3;/q-1;. The van der Waals surface area contributed by atoms with Gasteiger partial charge in [0.15, 0.2) is 0 Å². The van der Waals surface area contributed by atoms with E-state index in [1.807, 2.05) is 79.7 Å². The quantitative estimate of drug-likeness (QED) is 0.169. The number of rotatable bonds is 6. The summed E-state index contributed by atoms with van der Waals surface area (Å²) in [5, 5.41) is 11.9. The normalized spacial score (nSPS) is 12.5. The van der Waals surface area contributed by atoms with Gasteiger partial charge in [0.2, 0.25) is 0 Å². The van der Waals surface area contributed by atoms with Crippen molar-refractivity contribution in [1.29, 1.82) is 0 Å². The molecule has 278 valence electrons. The molecular formula is C52H37N2O2Pt-. The Morgan fingerprint density at radius 2 is 1.18 bits per heavy atom. The first-order valence-corrected chi connectivity index (χ1v) is 19.0.